The Balaban J connectivity index is 1.71. The normalized spacial score (nSPS) is 19.8. The lowest BCUT2D eigenvalue weighted by atomic mass is 9.94. The molecule has 1 saturated heterocycles. The second-order valence-corrected chi connectivity index (χ2v) is 5.79. The van der Waals surface area contributed by atoms with Crippen LogP contribution in [-0.4, -0.2) is 36.5 Å². The predicted molar refractivity (Wildman–Crippen MR) is 77.2 cm³/mol. The van der Waals surface area contributed by atoms with Gasteiger partial charge < -0.3 is 15.2 Å². The van der Waals surface area contributed by atoms with E-state index in [4.69, 9.17) is 4.74 Å². The molecule has 0 aromatic heterocycles. The van der Waals surface area contributed by atoms with Crippen LogP contribution >= 0.6 is 0 Å². The molecule has 1 aliphatic rings. The largest absolute Gasteiger partial charge is 0.388 e. The van der Waals surface area contributed by atoms with Crippen molar-refractivity contribution in [2.75, 3.05) is 19.8 Å². The van der Waals surface area contributed by atoms with E-state index in [1.54, 1.807) is 12.1 Å². The van der Waals surface area contributed by atoms with Crippen molar-refractivity contribution in [3.8, 4) is 0 Å². The fraction of sp³-hybridized carbons (Fsp3) is 0.625. The standard InChI is InChI=1S/C16H24FNO2/c1-13(5-6-14-3-2-4-15(17)11-14)18-12-16(19)7-9-20-10-8-16/h2-4,11,13,18-19H,5-10,12H2,1H3. The zero-order valence-electron chi connectivity index (χ0n) is 12.1. The van der Waals surface area contributed by atoms with Crippen molar-refractivity contribution in [2.45, 2.75) is 44.2 Å². The van der Waals surface area contributed by atoms with Gasteiger partial charge in [0.1, 0.15) is 5.82 Å². The SMILES string of the molecule is CC(CCc1cccc(F)c1)NCC1(O)CCOCC1. The molecule has 1 unspecified atom stereocenters. The molecule has 1 atom stereocenters. The van der Waals surface area contributed by atoms with Crippen LogP contribution in [0.15, 0.2) is 24.3 Å². The fourth-order valence-electron chi connectivity index (χ4n) is 2.47. The lowest BCUT2D eigenvalue weighted by molar-refractivity contribution is -0.0626. The van der Waals surface area contributed by atoms with Crippen LogP contribution in [0.1, 0.15) is 31.7 Å². The van der Waals surface area contributed by atoms with E-state index in [0.717, 1.165) is 18.4 Å². The number of aryl methyl sites for hydroxylation is 1. The van der Waals surface area contributed by atoms with E-state index in [0.29, 0.717) is 38.6 Å². The Morgan fingerprint density at radius 3 is 2.85 bits per heavy atom. The molecule has 3 nitrogen and oxygen atoms in total. The minimum absolute atomic E-state index is 0.181. The molecule has 0 saturated carbocycles. The molecule has 20 heavy (non-hydrogen) atoms. The average Bonchev–Trinajstić information content (AvgIpc) is 2.44. The summed E-state index contributed by atoms with van der Waals surface area (Å²) in [6, 6.07) is 7.03. The molecule has 1 heterocycles. The Labute approximate surface area is 120 Å². The summed E-state index contributed by atoms with van der Waals surface area (Å²) in [5.74, 6) is -0.181. The molecule has 1 aromatic rings. The van der Waals surface area contributed by atoms with E-state index in [1.807, 2.05) is 6.07 Å². The Morgan fingerprint density at radius 1 is 1.40 bits per heavy atom. The molecular weight excluding hydrogens is 257 g/mol. The van der Waals surface area contributed by atoms with Crippen molar-refractivity contribution in [1.82, 2.24) is 5.32 Å². The number of rotatable bonds is 6. The average molecular weight is 281 g/mol. The first-order valence-electron chi connectivity index (χ1n) is 7.35. The van der Waals surface area contributed by atoms with Crippen molar-refractivity contribution in [1.29, 1.82) is 0 Å². The van der Waals surface area contributed by atoms with Crippen molar-refractivity contribution in [3.63, 3.8) is 0 Å². The summed E-state index contributed by atoms with van der Waals surface area (Å²) in [7, 11) is 0. The number of ether oxygens (including phenoxy) is 1. The van der Waals surface area contributed by atoms with E-state index in [1.165, 1.54) is 6.07 Å². The fourth-order valence-corrected chi connectivity index (χ4v) is 2.47. The number of hydrogen-bond acceptors (Lipinski definition) is 3. The van der Waals surface area contributed by atoms with Crippen LogP contribution in [0, 0.1) is 5.82 Å². The first-order valence-corrected chi connectivity index (χ1v) is 7.35. The first-order chi connectivity index (χ1) is 9.57. The van der Waals surface area contributed by atoms with Crippen LogP contribution in [0.3, 0.4) is 0 Å². The van der Waals surface area contributed by atoms with Crippen LogP contribution in [0.25, 0.3) is 0 Å². The molecule has 2 rings (SSSR count). The predicted octanol–water partition coefficient (Wildman–Crippen LogP) is 2.28. The van der Waals surface area contributed by atoms with E-state index >= 15 is 0 Å². The molecule has 0 amide bonds. The van der Waals surface area contributed by atoms with Gasteiger partial charge in [-0.3, -0.25) is 0 Å². The number of aliphatic hydroxyl groups is 1. The van der Waals surface area contributed by atoms with Gasteiger partial charge in [0.25, 0.3) is 0 Å². The Bertz CT molecular complexity index is 419. The molecule has 0 bridgehead atoms. The molecule has 0 aliphatic carbocycles. The molecule has 1 aromatic carbocycles. The molecule has 112 valence electrons. The van der Waals surface area contributed by atoms with Crippen molar-refractivity contribution >= 4 is 0 Å². The Morgan fingerprint density at radius 2 is 2.15 bits per heavy atom. The third-order valence-corrected chi connectivity index (χ3v) is 3.96. The summed E-state index contributed by atoms with van der Waals surface area (Å²) in [5.41, 5.74) is 0.383. The van der Waals surface area contributed by atoms with Crippen LogP contribution in [0.4, 0.5) is 4.39 Å². The monoisotopic (exact) mass is 281 g/mol. The Kier molecular flexibility index (Phi) is 5.52. The summed E-state index contributed by atoms with van der Waals surface area (Å²) in [4.78, 5) is 0. The lowest BCUT2D eigenvalue weighted by Gasteiger charge is -2.33. The van der Waals surface area contributed by atoms with Crippen molar-refractivity contribution in [3.05, 3.63) is 35.6 Å². The second-order valence-electron chi connectivity index (χ2n) is 5.79. The molecule has 2 N–H and O–H groups in total. The third kappa shape index (κ3) is 4.85. The van der Waals surface area contributed by atoms with Crippen LogP contribution in [0.2, 0.25) is 0 Å². The van der Waals surface area contributed by atoms with Crippen molar-refractivity contribution < 1.29 is 14.2 Å². The highest BCUT2D eigenvalue weighted by atomic mass is 19.1. The zero-order valence-corrected chi connectivity index (χ0v) is 12.1. The summed E-state index contributed by atoms with van der Waals surface area (Å²) in [6.07, 6.45) is 3.15. The maximum atomic E-state index is 13.1. The van der Waals surface area contributed by atoms with Gasteiger partial charge >= 0.3 is 0 Å². The summed E-state index contributed by atoms with van der Waals surface area (Å²) < 4.78 is 18.3. The summed E-state index contributed by atoms with van der Waals surface area (Å²) in [6.45, 7) is 3.97. The number of halogens is 1. The van der Waals surface area contributed by atoms with Crippen LogP contribution < -0.4 is 5.32 Å². The number of hydrogen-bond donors (Lipinski definition) is 2. The van der Waals surface area contributed by atoms with Gasteiger partial charge in [0, 0.05) is 38.6 Å². The molecule has 0 spiro atoms. The molecule has 4 heteroatoms. The van der Waals surface area contributed by atoms with Gasteiger partial charge in [0.2, 0.25) is 0 Å². The van der Waals surface area contributed by atoms with Crippen LogP contribution in [0.5, 0.6) is 0 Å². The maximum absolute atomic E-state index is 13.1. The topological polar surface area (TPSA) is 41.5 Å². The van der Waals surface area contributed by atoms with Gasteiger partial charge in [-0.05, 0) is 37.5 Å². The Hall–Kier alpha value is -0.970. The van der Waals surface area contributed by atoms with Gasteiger partial charge in [0.15, 0.2) is 0 Å². The van der Waals surface area contributed by atoms with E-state index in [-0.39, 0.29) is 5.82 Å². The molecular formula is C16H24FNO2. The highest BCUT2D eigenvalue weighted by molar-refractivity contribution is 5.16. The highest BCUT2D eigenvalue weighted by Gasteiger charge is 2.29. The minimum Gasteiger partial charge on any atom is -0.388 e. The number of benzene rings is 1. The molecule has 0 radical (unpaired) electrons. The third-order valence-electron chi connectivity index (χ3n) is 3.96. The van der Waals surface area contributed by atoms with Gasteiger partial charge in [-0.1, -0.05) is 12.1 Å². The van der Waals surface area contributed by atoms with E-state index < -0.39 is 5.60 Å². The lowest BCUT2D eigenvalue weighted by Crippen LogP contribution is -2.47. The van der Waals surface area contributed by atoms with Gasteiger partial charge in [-0.2, -0.15) is 0 Å². The molecule has 1 fully saturated rings. The second kappa shape index (κ2) is 7.16. The highest BCUT2D eigenvalue weighted by Crippen LogP contribution is 2.19. The van der Waals surface area contributed by atoms with Gasteiger partial charge in [0.05, 0.1) is 5.60 Å². The van der Waals surface area contributed by atoms with Gasteiger partial charge in [-0.15, -0.1) is 0 Å². The first kappa shape index (κ1) is 15.4. The summed E-state index contributed by atoms with van der Waals surface area (Å²) in [5, 5.41) is 13.7. The number of nitrogens with one attached hydrogen (secondary N) is 1. The van der Waals surface area contributed by atoms with E-state index in [2.05, 4.69) is 12.2 Å². The van der Waals surface area contributed by atoms with Crippen LogP contribution in [-0.2, 0) is 11.2 Å². The van der Waals surface area contributed by atoms with Gasteiger partial charge in [-0.25, -0.2) is 4.39 Å². The van der Waals surface area contributed by atoms with E-state index in [9.17, 15) is 9.50 Å². The maximum Gasteiger partial charge on any atom is 0.123 e. The molecule has 1 aliphatic heterocycles. The summed E-state index contributed by atoms with van der Waals surface area (Å²) >= 11 is 0. The smallest absolute Gasteiger partial charge is 0.123 e. The quantitative estimate of drug-likeness (QED) is 0.840. The van der Waals surface area contributed by atoms with Crippen molar-refractivity contribution in [2.24, 2.45) is 0 Å². The zero-order chi connectivity index (χ0) is 14.4. The minimum atomic E-state index is -0.634.